The number of imidazole rings is 1. The summed E-state index contributed by atoms with van der Waals surface area (Å²) in [6.07, 6.45) is 5.36. The number of aromatic amines is 1. The van der Waals surface area contributed by atoms with Gasteiger partial charge in [-0.1, -0.05) is 0 Å². The summed E-state index contributed by atoms with van der Waals surface area (Å²) in [5.41, 5.74) is 7.74. The van der Waals surface area contributed by atoms with Crippen LogP contribution in [0.5, 0.6) is 0 Å². The van der Waals surface area contributed by atoms with Crippen LogP contribution in [0.2, 0.25) is 0 Å². The molecule has 0 unspecified atom stereocenters. The SMILES string of the molecule is NCC1(c2ncc(-c3ccncc3)[nH]2)COC1. The molecule has 5 heteroatoms. The van der Waals surface area contributed by atoms with Crippen LogP contribution in [-0.2, 0) is 10.2 Å². The van der Waals surface area contributed by atoms with Gasteiger partial charge in [0.1, 0.15) is 5.82 Å². The molecule has 0 aliphatic carbocycles. The van der Waals surface area contributed by atoms with Crippen molar-refractivity contribution < 1.29 is 4.74 Å². The first-order valence-electron chi connectivity index (χ1n) is 5.58. The largest absolute Gasteiger partial charge is 0.379 e. The zero-order valence-corrected chi connectivity index (χ0v) is 9.39. The van der Waals surface area contributed by atoms with E-state index in [1.807, 2.05) is 18.3 Å². The minimum atomic E-state index is -0.120. The Balaban J connectivity index is 1.93. The topological polar surface area (TPSA) is 76.8 Å². The van der Waals surface area contributed by atoms with Gasteiger partial charge in [0.2, 0.25) is 0 Å². The van der Waals surface area contributed by atoms with Gasteiger partial charge in [0.15, 0.2) is 0 Å². The lowest BCUT2D eigenvalue weighted by Gasteiger charge is -2.38. The molecule has 3 N–H and O–H groups in total. The first-order valence-corrected chi connectivity index (χ1v) is 5.58. The van der Waals surface area contributed by atoms with Crippen molar-refractivity contribution in [2.24, 2.45) is 5.73 Å². The summed E-state index contributed by atoms with van der Waals surface area (Å²) in [5.74, 6) is 0.915. The van der Waals surface area contributed by atoms with E-state index >= 15 is 0 Å². The highest BCUT2D eigenvalue weighted by Gasteiger charge is 2.41. The van der Waals surface area contributed by atoms with Gasteiger partial charge in [-0.15, -0.1) is 0 Å². The molecule has 3 heterocycles. The quantitative estimate of drug-likeness (QED) is 0.813. The van der Waals surface area contributed by atoms with Crippen LogP contribution in [0.1, 0.15) is 5.82 Å². The zero-order valence-electron chi connectivity index (χ0n) is 9.39. The summed E-state index contributed by atoms with van der Waals surface area (Å²) < 4.78 is 5.25. The lowest BCUT2D eigenvalue weighted by molar-refractivity contribution is -0.0589. The molecule has 0 radical (unpaired) electrons. The maximum Gasteiger partial charge on any atom is 0.118 e. The Morgan fingerprint density at radius 2 is 2.12 bits per heavy atom. The number of hydrogen-bond acceptors (Lipinski definition) is 4. The Hall–Kier alpha value is -1.72. The van der Waals surface area contributed by atoms with E-state index in [1.165, 1.54) is 0 Å². The van der Waals surface area contributed by atoms with Crippen molar-refractivity contribution in [3.05, 3.63) is 36.5 Å². The van der Waals surface area contributed by atoms with Crippen molar-refractivity contribution in [3.63, 3.8) is 0 Å². The Morgan fingerprint density at radius 1 is 1.35 bits per heavy atom. The van der Waals surface area contributed by atoms with E-state index in [2.05, 4.69) is 15.0 Å². The molecular formula is C12H14N4O. The molecule has 0 amide bonds. The fourth-order valence-electron chi connectivity index (χ4n) is 1.97. The van der Waals surface area contributed by atoms with Crippen LogP contribution >= 0.6 is 0 Å². The van der Waals surface area contributed by atoms with Gasteiger partial charge in [0.25, 0.3) is 0 Å². The van der Waals surface area contributed by atoms with Gasteiger partial charge in [-0.05, 0) is 12.1 Å². The smallest absolute Gasteiger partial charge is 0.118 e. The molecule has 1 aliphatic rings. The third-order valence-electron chi connectivity index (χ3n) is 3.22. The molecule has 1 fully saturated rings. The molecule has 17 heavy (non-hydrogen) atoms. The van der Waals surface area contributed by atoms with Crippen LogP contribution < -0.4 is 5.73 Å². The number of pyridine rings is 1. The standard InChI is InChI=1S/C12H14N4O/c13-6-12(7-17-8-12)11-15-5-10(16-11)9-1-3-14-4-2-9/h1-5H,6-8,13H2,(H,15,16). The van der Waals surface area contributed by atoms with Gasteiger partial charge in [0.05, 0.1) is 30.5 Å². The van der Waals surface area contributed by atoms with Crippen LogP contribution in [0.4, 0.5) is 0 Å². The molecular weight excluding hydrogens is 216 g/mol. The van der Waals surface area contributed by atoms with Crippen LogP contribution in [0.3, 0.4) is 0 Å². The second-order valence-corrected chi connectivity index (χ2v) is 4.36. The highest BCUT2D eigenvalue weighted by molar-refractivity contribution is 5.57. The van der Waals surface area contributed by atoms with E-state index < -0.39 is 0 Å². The summed E-state index contributed by atoms with van der Waals surface area (Å²) in [4.78, 5) is 11.7. The molecule has 0 atom stereocenters. The van der Waals surface area contributed by atoms with Crippen LogP contribution in [0.25, 0.3) is 11.3 Å². The van der Waals surface area contributed by atoms with E-state index in [-0.39, 0.29) is 5.41 Å². The number of nitrogens with one attached hydrogen (secondary N) is 1. The average Bonchev–Trinajstić information content (AvgIpc) is 2.80. The van der Waals surface area contributed by atoms with Crippen LogP contribution in [0.15, 0.2) is 30.7 Å². The zero-order chi connectivity index (χ0) is 11.7. The van der Waals surface area contributed by atoms with Crippen LogP contribution in [-0.4, -0.2) is 34.7 Å². The fourth-order valence-corrected chi connectivity index (χ4v) is 1.97. The van der Waals surface area contributed by atoms with E-state index in [9.17, 15) is 0 Å². The van der Waals surface area contributed by atoms with Crippen molar-refractivity contribution in [2.45, 2.75) is 5.41 Å². The molecule has 2 aromatic heterocycles. The number of nitrogens with zero attached hydrogens (tertiary/aromatic N) is 2. The van der Waals surface area contributed by atoms with Crippen molar-refractivity contribution in [1.82, 2.24) is 15.0 Å². The normalized spacial score (nSPS) is 17.7. The van der Waals surface area contributed by atoms with Gasteiger partial charge in [-0.25, -0.2) is 4.98 Å². The number of rotatable bonds is 3. The molecule has 0 bridgehead atoms. The number of hydrogen-bond donors (Lipinski definition) is 2. The van der Waals surface area contributed by atoms with Crippen molar-refractivity contribution in [1.29, 1.82) is 0 Å². The Morgan fingerprint density at radius 3 is 2.71 bits per heavy atom. The van der Waals surface area contributed by atoms with Gasteiger partial charge in [0, 0.05) is 24.5 Å². The number of nitrogens with two attached hydrogens (primary N) is 1. The molecule has 1 saturated heterocycles. The van der Waals surface area contributed by atoms with E-state index in [0.29, 0.717) is 19.8 Å². The minimum Gasteiger partial charge on any atom is -0.379 e. The molecule has 0 saturated carbocycles. The fraction of sp³-hybridized carbons (Fsp3) is 0.333. The predicted octanol–water partition coefficient (Wildman–Crippen LogP) is 0.698. The minimum absolute atomic E-state index is 0.120. The Kier molecular flexibility index (Phi) is 2.42. The number of H-pyrrole nitrogens is 1. The third kappa shape index (κ3) is 1.64. The third-order valence-corrected chi connectivity index (χ3v) is 3.22. The molecule has 1 aliphatic heterocycles. The monoisotopic (exact) mass is 230 g/mol. The second kappa shape index (κ2) is 3.94. The summed E-state index contributed by atoms with van der Waals surface area (Å²) in [7, 11) is 0. The first kappa shape index (κ1) is 10.4. The van der Waals surface area contributed by atoms with Crippen molar-refractivity contribution >= 4 is 0 Å². The molecule has 0 spiro atoms. The first-order chi connectivity index (χ1) is 8.34. The molecule has 2 aromatic rings. The molecule has 0 aromatic carbocycles. The van der Waals surface area contributed by atoms with Crippen molar-refractivity contribution in [3.8, 4) is 11.3 Å². The summed E-state index contributed by atoms with van der Waals surface area (Å²) in [6.45, 7) is 1.84. The maximum absolute atomic E-state index is 5.80. The Bertz CT molecular complexity index is 499. The lowest BCUT2D eigenvalue weighted by atomic mass is 9.85. The highest BCUT2D eigenvalue weighted by atomic mass is 16.5. The van der Waals surface area contributed by atoms with Crippen molar-refractivity contribution in [2.75, 3.05) is 19.8 Å². The maximum atomic E-state index is 5.80. The van der Waals surface area contributed by atoms with E-state index in [1.54, 1.807) is 12.4 Å². The van der Waals surface area contributed by atoms with Gasteiger partial charge in [-0.2, -0.15) is 0 Å². The highest BCUT2D eigenvalue weighted by Crippen LogP contribution is 2.30. The van der Waals surface area contributed by atoms with E-state index in [4.69, 9.17) is 10.5 Å². The lowest BCUT2D eigenvalue weighted by Crippen LogP contribution is -2.52. The van der Waals surface area contributed by atoms with Gasteiger partial charge < -0.3 is 15.5 Å². The van der Waals surface area contributed by atoms with E-state index in [0.717, 1.165) is 17.1 Å². The number of ether oxygens (including phenoxy) is 1. The predicted molar refractivity (Wildman–Crippen MR) is 63.4 cm³/mol. The molecule has 3 rings (SSSR count). The van der Waals surface area contributed by atoms with Gasteiger partial charge in [-0.3, -0.25) is 4.98 Å². The summed E-state index contributed by atoms with van der Waals surface area (Å²) in [6, 6.07) is 3.90. The number of aromatic nitrogens is 3. The average molecular weight is 230 g/mol. The Labute approximate surface area is 99.0 Å². The molecule has 88 valence electrons. The van der Waals surface area contributed by atoms with Crippen LogP contribution in [0, 0.1) is 0 Å². The second-order valence-electron chi connectivity index (χ2n) is 4.36. The summed E-state index contributed by atoms with van der Waals surface area (Å²) in [5, 5.41) is 0. The molecule has 5 nitrogen and oxygen atoms in total. The van der Waals surface area contributed by atoms with Gasteiger partial charge >= 0.3 is 0 Å². The summed E-state index contributed by atoms with van der Waals surface area (Å²) >= 11 is 0.